The summed E-state index contributed by atoms with van der Waals surface area (Å²) in [5, 5.41) is 18.6. The molecule has 1 aromatic heterocycles. The number of likely N-dealkylation sites (N-methyl/N-ethyl adjacent to an activating group) is 1. The van der Waals surface area contributed by atoms with Crippen molar-refractivity contribution in [3.05, 3.63) is 63.0 Å². The monoisotopic (exact) mass is 648 g/mol. The number of nitrogens with zero attached hydrogens (tertiary/aromatic N) is 5. The van der Waals surface area contributed by atoms with Gasteiger partial charge < -0.3 is 15.2 Å². The van der Waals surface area contributed by atoms with Crippen LogP contribution in [-0.2, 0) is 14.3 Å². The van der Waals surface area contributed by atoms with Crippen molar-refractivity contribution in [2.24, 2.45) is 10.4 Å². The number of aromatic nitrogens is 1. The van der Waals surface area contributed by atoms with E-state index in [1.807, 2.05) is 11.9 Å². The van der Waals surface area contributed by atoms with Crippen LogP contribution < -0.4 is 5.32 Å². The number of esters is 1. The number of likely N-dealkylation sites (tertiary alicyclic amines) is 1. The SMILES string of the molecule is CCOC(=O)C1=C(CN2CC(F)(F)C3C2CN(CC)N3CCC(C)(C)C(=O)O)NC(c2nccs2)=N[C@H]1c1cccc(F)c1C. The summed E-state index contributed by atoms with van der Waals surface area (Å²) in [6.45, 7) is 8.76. The van der Waals surface area contributed by atoms with Gasteiger partial charge in [-0.2, -0.15) is 0 Å². The van der Waals surface area contributed by atoms with Gasteiger partial charge in [0.05, 0.1) is 24.1 Å². The van der Waals surface area contributed by atoms with Crippen LogP contribution in [0.15, 0.2) is 46.0 Å². The Kier molecular flexibility index (Phi) is 9.41. The average molecular weight is 649 g/mol. The summed E-state index contributed by atoms with van der Waals surface area (Å²) >= 11 is 1.32. The number of thiazole rings is 1. The summed E-state index contributed by atoms with van der Waals surface area (Å²) in [6, 6.07) is 1.83. The standard InChI is InChI=1S/C31H39F3N6O4S/c1-6-39-16-22-25(40(39)13-11-30(4,5)29(42)43)31(33,34)17-38(22)15-21-23(28(41)44-7-2)24(19-9-8-10-20(32)18(19)3)37-26(36-21)27-35-12-14-45-27/h8-10,12,14,22,24-25H,6-7,11,13,15-17H2,1-5H3,(H,36,37)(H,42,43)/t22?,24-,25?/m0/s1. The molecule has 3 aliphatic rings. The molecule has 10 nitrogen and oxygen atoms in total. The Morgan fingerprint density at radius 2 is 2.02 bits per heavy atom. The molecule has 0 bridgehead atoms. The summed E-state index contributed by atoms with van der Waals surface area (Å²) in [7, 11) is 0. The van der Waals surface area contributed by atoms with Gasteiger partial charge in [-0.05, 0) is 51.3 Å². The summed E-state index contributed by atoms with van der Waals surface area (Å²) in [5.74, 6) is -4.88. The third kappa shape index (κ3) is 6.38. The molecule has 45 heavy (non-hydrogen) atoms. The van der Waals surface area contributed by atoms with Gasteiger partial charge in [0.1, 0.15) is 17.9 Å². The van der Waals surface area contributed by atoms with Crippen LogP contribution in [0.2, 0.25) is 0 Å². The molecule has 4 heterocycles. The van der Waals surface area contributed by atoms with E-state index in [2.05, 4.69) is 10.3 Å². The summed E-state index contributed by atoms with van der Waals surface area (Å²) in [4.78, 5) is 36.1. The van der Waals surface area contributed by atoms with Crippen molar-refractivity contribution in [1.29, 1.82) is 0 Å². The van der Waals surface area contributed by atoms with E-state index < -0.39 is 53.8 Å². The number of hydrogen-bond donors (Lipinski definition) is 2. The van der Waals surface area contributed by atoms with Crippen LogP contribution >= 0.6 is 11.3 Å². The van der Waals surface area contributed by atoms with E-state index in [4.69, 9.17) is 9.73 Å². The minimum atomic E-state index is -3.12. The number of hydrogen-bond acceptors (Lipinski definition) is 10. The maximum Gasteiger partial charge on any atom is 0.338 e. The molecule has 3 aliphatic heterocycles. The van der Waals surface area contributed by atoms with Crippen LogP contribution in [0.4, 0.5) is 13.2 Å². The van der Waals surface area contributed by atoms with Crippen LogP contribution in [0.1, 0.15) is 56.3 Å². The maximum atomic E-state index is 15.9. The predicted molar refractivity (Wildman–Crippen MR) is 163 cm³/mol. The molecule has 14 heteroatoms. The summed E-state index contributed by atoms with van der Waals surface area (Å²) in [6.07, 6.45) is 1.81. The molecule has 5 rings (SSSR count). The van der Waals surface area contributed by atoms with Crippen molar-refractivity contribution >= 4 is 29.1 Å². The Labute approximate surface area is 264 Å². The summed E-state index contributed by atoms with van der Waals surface area (Å²) in [5.41, 5.74) is 0.164. The second-order valence-corrected chi connectivity index (χ2v) is 13.1. The van der Waals surface area contributed by atoms with Crippen LogP contribution in [0.5, 0.6) is 0 Å². The minimum absolute atomic E-state index is 0.0494. The Morgan fingerprint density at radius 1 is 1.27 bits per heavy atom. The van der Waals surface area contributed by atoms with Gasteiger partial charge in [-0.15, -0.1) is 11.3 Å². The molecule has 2 unspecified atom stereocenters. The Morgan fingerprint density at radius 3 is 2.67 bits per heavy atom. The highest BCUT2D eigenvalue weighted by molar-refractivity contribution is 7.11. The Hall–Kier alpha value is -3.33. The van der Waals surface area contributed by atoms with Gasteiger partial charge in [0, 0.05) is 49.5 Å². The zero-order valence-corrected chi connectivity index (χ0v) is 26.8. The Bertz CT molecular complexity index is 1500. The number of benzene rings is 1. The highest BCUT2D eigenvalue weighted by Gasteiger charge is 2.61. The lowest BCUT2D eigenvalue weighted by Gasteiger charge is -2.35. The zero-order valence-electron chi connectivity index (χ0n) is 26.0. The van der Waals surface area contributed by atoms with Gasteiger partial charge in [0.25, 0.3) is 5.92 Å². The number of ether oxygens (including phenoxy) is 1. The molecule has 0 radical (unpaired) electrons. The first-order chi connectivity index (χ1) is 21.3. The molecular formula is C31H39F3N6O4S. The van der Waals surface area contributed by atoms with Gasteiger partial charge in [0.15, 0.2) is 10.8 Å². The highest BCUT2D eigenvalue weighted by atomic mass is 32.1. The fourth-order valence-corrected chi connectivity index (χ4v) is 6.91. The fraction of sp³-hybridized carbons (Fsp3) is 0.548. The number of fused-ring (bicyclic) bond motifs is 1. The first-order valence-electron chi connectivity index (χ1n) is 15.1. The van der Waals surface area contributed by atoms with Crippen molar-refractivity contribution in [2.45, 2.75) is 65.1 Å². The second-order valence-electron chi connectivity index (χ2n) is 12.2. The molecule has 2 N–H and O–H groups in total. The van der Waals surface area contributed by atoms with Crippen molar-refractivity contribution in [3.8, 4) is 0 Å². The van der Waals surface area contributed by atoms with E-state index in [1.165, 1.54) is 17.4 Å². The second kappa shape index (κ2) is 12.8. The van der Waals surface area contributed by atoms with Gasteiger partial charge >= 0.3 is 11.9 Å². The summed E-state index contributed by atoms with van der Waals surface area (Å²) < 4.78 is 52.1. The number of hydrazine groups is 1. The number of carboxylic acids is 1. The van der Waals surface area contributed by atoms with Crippen LogP contribution in [0, 0.1) is 18.2 Å². The molecule has 2 saturated heterocycles. The lowest BCUT2D eigenvalue weighted by molar-refractivity contribution is -0.149. The smallest absolute Gasteiger partial charge is 0.338 e. The zero-order chi connectivity index (χ0) is 32.7. The topological polar surface area (TPSA) is 111 Å². The normalized spacial score (nSPS) is 24.0. The molecular weight excluding hydrogens is 609 g/mol. The third-order valence-electron chi connectivity index (χ3n) is 8.89. The number of carboxylic acid groups (broad SMARTS) is 1. The van der Waals surface area contributed by atoms with Gasteiger partial charge in [-0.1, -0.05) is 19.1 Å². The molecule has 2 aromatic rings. The molecule has 0 aliphatic carbocycles. The van der Waals surface area contributed by atoms with E-state index >= 15 is 8.78 Å². The van der Waals surface area contributed by atoms with Crippen LogP contribution in [0.3, 0.4) is 0 Å². The van der Waals surface area contributed by atoms with Crippen molar-refractivity contribution in [3.63, 3.8) is 0 Å². The number of alkyl halides is 2. The lowest BCUT2D eigenvalue weighted by atomic mass is 9.89. The van der Waals surface area contributed by atoms with E-state index in [0.29, 0.717) is 40.8 Å². The number of amidine groups is 1. The number of carbonyl (C=O) groups is 2. The van der Waals surface area contributed by atoms with Crippen molar-refractivity contribution in [2.75, 3.05) is 39.3 Å². The van der Waals surface area contributed by atoms with E-state index in [9.17, 15) is 19.1 Å². The maximum absolute atomic E-state index is 15.9. The molecule has 244 valence electrons. The first-order valence-corrected chi connectivity index (χ1v) is 15.9. The first kappa shape index (κ1) is 33.0. The number of nitrogens with one attached hydrogen (secondary N) is 1. The van der Waals surface area contributed by atoms with E-state index in [1.54, 1.807) is 61.3 Å². The van der Waals surface area contributed by atoms with Crippen molar-refractivity contribution < 1.29 is 32.6 Å². The largest absolute Gasteiger partial charge is 0.481 e. The Balaban J connectivity index is 1.54. The van der Waals surface area contributed by atoms with Crippen LogP contribution in [-0.4, -0.2) is 100 Å². The molecule has 0 amide bonds. The van der Waals surface area contributed by atoms with Gasteiger partial charge in [-0.25, -0.2) is 33.0 Å². The van der Waals surface area contributed by atoms with Crippen molar-refractivity contribution in [1.82, 2.24) is 25.2 Å². The molecule has 1 aromatic carbocycles. The van der Waals surface area contributed by atoms with Gasteiger partial charge in [-0.3, -0.25) is 14.7 Å². The minimum Gasteiger partial charge on any atom is -0.481 e. The quantitative estimate of drug-likeness (QED) is 0.346. The highest BCUT2D eigenvalue weighted by Crippen LogP contribution is 2.43. The number of carbonyl (C=O) groups excluding carboxylic acids is 1. The number of halogens is 3. The molecule has 0 saturated carbocycles. The predicted octanol–water partition coefficient (Wildman–Crippen LogP) is 4.24. The number of aliphatic carboxylic acids is 1. The average Bonchev–Trinajstić information content (AvgIpc) is 3.70. The fourth-order valence-electron chi connectivity index (χ4n) is 6.32. The molecule has 3 atom stereocenters. The van der Waals surface area contributed by atoms with Gasteiger partial charge in [0.2, 0.25) is 0 Å². The number of rotatable bonds is 11. The number of aliphatic imine (C=N–C) groups is 1. The van der Waals surface area contributed by atoms with Crippen LogP contribution in [0.25, 0.3) is 0 Å². The van der Waals surface area contributed by atoms with E-state index in [0.717, 1.165) is 0 Å². The lowest BCUT2D eigenvalue weighted by Crippen LogP contribution is -2.50. The molecule has 0 spiro atoms. The molecule has 2 fully saturated rings. The van der Waals surface area contributed by atoms with E-state index in [-0.39, 0.29) is 31.7 Å². The third-order valence-corrected chi connectivity index (χ3v) is 9.67.